The van der Waals surface area contributed by atoms with Gasteiger partial charge in [0.25, 0.3) is 0 Å². The van der Waals surface area contributed by atoms with Gasteiger partial charge in [0.2, 0.25) is 5.88 Å². The van der Waals surface area contributed by atoms with Crippen LogP contribution in [0.25, 0.3) is 0 Å². The van der Waals surface area contributed by atoms with Crippen LogP contribution in [0.1, 0.15) is 30.6 Å². The Hall–Kier alpha value is -0.770. The van der Waals surface area contributed by atoms with Crippen LogP contribution in [0.2, 0.25) is 0 Å². The molecule has 0 spiro atoms. The Morgan fingerprint density at radius 3 is 2.88 bits per heavy atom. The quantitative estimate of drug-likeness (QED) is 0.851. The van der Waals surface area contributed by atoms with Crippen LogP contribution in [0.5, 0.6) is 5.88 Å². The summed E-state index contributed by atoms with van der Waals surface area (Å²) in [4.78, 5) is 4.99. The SMILES string of the molecule is Cc1sc(NCC2C[C@@H]3CC[C@H]2C3)nc1O. The van der Waals surface area contributed by atoms with Gasteiger partial charge < -0.3 is 10.4 Å². The molecular weight excluding hydrogens is 220 g/mol. The van der Waals surface area contributed by atoms with Gasteiger partial charge in [0.15, 0.2) is 5.13 Å². The number of hydrogen-bond donors (Lipinski definition) is 2. The number of rotatable bonds is 3. The molecule has 0 radical (unpaired) electrons. The van der Waals surface area contributed by atoms with Gasteiger partial charge in [-0.15, -0.1) is 0 Å². The zero-order chi connectivity index (χ0) is 11.1. The van der Waals surface area contributed by atoms with Crippen molar-refractivity contribution < 1.29 is 5.11 Å². The maximum Gasteiger partial charge on any atom is 0.226 e. The molecule has 2 saturated carbocycles. The Kier molecular flexibility index (Phi) is 2.54. The van der Waals surface area contributed by atoms with Crippen LogP contribution < -0.4 is 5.32 Å². The Morgan fingerprint density at radius 2 is 2.31 bits per heavy atom. The lowest BCUT2D eigenvalue weighted by Crippen LogP contribution is -2.19. The molecule has 0 aromatic carbocycles. The molecule has 16 heavy (non-hydrogen) atoms. The van der Waals surface area contributed by atoms with Crippen molar-refractivity contribution in [2.75, 3.05) is 11.9 Å². The van der Waals surface area contributed by atoms with Gasteiger partial charge in [-0.1, -0.05) is 17.8 Å². The minimum Gasteiger partial charge on any atom is -0.492 e. The fraction of sp³-hybridized carbons (Fsp3) is 0.750. The number of fused-ring (bicyclic) bond motifs is 2. The summed E-state index contributed by atoms with van der Waals surface area (Å²) in [6.07, 6.45) is 5.74. The summed E-state index contributed by atoms with van der Waals surface area (Å²) in [7, 11) is 0. The molecule has 1 aromatic heterocycles. The van der Waals surface area contributed by atoms with E-state index in [4.69, 9.17) is 0 Å². The second kappa shape index (κ2) is 3.91. The van der Waals surface area contributed by atoms with E-state index < -0.39 is 0 Å². The monoisotopic (exact) mass is 238 g/mol. The van der Waals surface area contributed by atoms with Crippen molar-refractivity contribution in [3.8, 4) is 5.88 Å². The lowest BCUT2D eigenvalue weighted by molar-refractivity contribution is 0.348. The summed E-state index contributed by atoms with van der Waals surface area (Å²) in [5.41, 5.74) is 0. The summed E-state index contributed by atoms with van der Waals surface area (Å²) in [6, 6.07) is 0. The van der Waals surface area contributed by atoms with E-state index >= 15 is 0 Å². The van der Waals surface area contributed by atoms with E-state index in [-0.39, 0.29) is 5.88 Å². The Labute approximate surface area is 99.9 Å². The minimum absolute atomic E-state index is 0.181. The van der Waals surface area contributed by atoms with Crippen molar-refractivity contribution >= 4 is 16.5 Å². The number of nitrogens with zero attached hydrogens (tertiary/aromatic N) is 1. The molecule has 3 atom stereocenters. The molecule has 2 aliphatic rings. The highest BCUT2D eigenvalue weighted by molar-refractivity contribution is 7.15. The number of nitrogens with one attached hydrogen (secondary N) is 1. The van der Waals surface area contributed by atoms with Gasteiger partial charge in [-0.25, -0.2) is 0 Å². The molecule has 2 N–H and O–H groups in total. The van der Waals surface area contributed by atoms with Gasteiger partial charge in [0, 0.05) is 6.54 Å². The first-order valence-corrected chi connectivity index (χ1v) is 6.94. The highest BCUT2D eigenvalue weighted by Gasteiger charge is 2.39. The summed E-state index contributed by atoms with van der Waals surface area (Å²) in [5, 5.41) is 13.7. The number of aryl methyl sites for hydroxylation is 1. The van der Waals surface area contributed by atoms with Crippen molar-refractivity contribution in [2.24, 2.45) is 17.8 Å². The molecule has 1 unspecified atom stereocenters. The van der Waals surface area contributed by atoms with Gasteiger partial charge >= 0.3 is 0 Å². The van der Waals surface area contributed by atoms with Crippen molar-refractivity contribution in [1.82, 2.24) is 4.98 Å². The molecular formula is C12H18N2OS. The topological polar surface area (TPSA) is 45.2 Å². The third kappa shape index (κ3) is 1.79. The van der Waals surface area contributed by atoms with E-state index in [9.17, 15) is 5.11 Å². The Morgan fingerprint density at radius 1 is 1.44 bits per heavy atom. The fourth-order valence-electron chi connectivity index (χ4n) is 3.31. The van der Waals surface area contributed by atoms with Crippen molar-refractivity contribution in [3.63, 3.8) is 0 Å². The normalized spacial score (nSPS) is 32.2. The van der Waals surface area contributed by atoms with E-state index in [0.717, 1.165) is 34.3 Å². The standard InChI is InChI=1S/C12H18N2OS/c1-7-11(15)14-12(16-7)13-6-10-5-8-2-3-9(10)4-8/h8-10,15H,2-6H2,1H3,(H,13,14)/t8-,9+,10?/m1/s1. The number of aromatic hydroxyl groups is 1. The number of aromatic nitrogens is 1. The highest BCUT2D eigenvalue weighted by Crippen LogP contribution is 2.48. The van der Waals surface area contributed by atoms with Crippen LogP contribution in [0, 0.1) is 24.7 Å². The molecule has 0 amide bonds. The average molecular weight is 238 g/mol. The Bertz CT molecular complexity index is 371. The predicted octanol–water partition coefficient (Wildman–Crippen LogP) is 3.01. The average Bonchev–Trinajstić information content (AvgIpc) is 2.92. The Balaban J connectivity index is 1.57. The number of thiazole rings is 1. The van der Waals surface area contributed by atoms with Crippen LogP contribution in [-0.4, -0.2) is 16.6 Å². The molecule has 2 aliphatic carbocycles. The van der Waals surface area contributed by atoms with Crippen LogP contribution in [0.15, 0.2) is 0 Å². The van der Waals surface area contributed by atoms with Gasteiger partial charge in [-0.2, -0.15) is 4.98 Å². The number of hydrogen-bond acceptors (Lipinski definition) is 4. The molecule has 1 heterocycles. The van der Waals surface area contributed by atoms with Crippen molar-refractivity contribution in [1.29, 1.82) is 0 Å². The first kappa shape index (κ1) is 10.4. The zero-order valence-corrected chi connectivity index (χ0v) is 10.4. The van der Waals surface area contributed by atoms with E-state index in [1.807, 2.05) is 6.92 Å². The molecule has 1 aromatic rings. The van der Waals surface area contributed by atoms with Crippen molar-refractivity contribution in [3.05, 3.63) is 4.88 Å². The molecule has 2 fully saturated rings. The van der Waals surface area contributed by atoms with Crippen LogP contribution in [0.4, 0.5) is 5.13 Å². The lowest BCUT2D eigenvalue weighted by Gasteiger charge is -2.21. The van der Waals surface area contributed by atoms with E-state index in [1.165, 1.54) is 25.7 Å². The first-order chi connectivity index (χ1) is 7.72. The van der Waals surface area contributed by atoms with Gasteiger partial charge in [0.05, 0.1) is 4.88 Å². The van der Waals surface area contributed by atoms with Gasteiger partial charge in [0.1, 0.15) is 0 Å². The van der Waals surface area contributed by atoms with Crippen LogP contribution in [-0.2, 0) is 0 Å². The van der Waals surface area contributed by atoms with E-state index in [1.54, 1.807) is 11.3 Å². The third-order valence-corrected chi connectivity index (χ3v) is 5.09. The molecule has 2 bridgehead atoms. The summed E-state index contributed by atoms with van der Waals surface area (Å²) < 4.78 is 0. The second-order valence-corrected chi connectivity index (χ2v) is 6.42. The molecule has 4 heteroatoms. The van der Waals surface area contributed by atoms with E-state index in [0.29, 0.717) is 0 Å². The van der Waals surface area contributed by atoms with Crippen LogP contribution >= 0.6 is 11.3 Å². The maximum atomic E-state index is 9.40. The molecule has 3 rings (SSSR count). The first-order valence-electron chi connectivity index (χ1n) is 6.12. The summed E-state index contributed by atoms with van der Waals surface area (Å²) in [5.74, 6) is 2.97. The molecule has 0 saturated heterocycles. The second-order valence-electron chi connectivity index (χ2n) is 5.21. The maximum absolute atomic E-state index is 9.40. The molecule has 88 valence electrons. The van der Waals surface area contributed by atoms with Crippen molar-refractivity contribution in [2.45, 2.75) is 32.6 Å². The molecule has 0 aliphatic heterocycles. The van der Waals surface area contributed by atoms with E-state index in [2.05, 4.69) is 10.3 Å². The minimum atomic E-state index is 0.181. The van der Waals surface area contributed by atoms with Gasteiger partial charge in [-0.3, -0.25) is 0 Å². The summed E-state index contributed by atoms with van der Waals surface area (Å²) >= 11 is 1.55. The third-order valence-electron chi connectivity index (χ3n) is 4.17. The highest BCUT2D eigenvalue weighted by atomic mass is 32.1. The lowest BCUT2D eigenvalue weighted by atomic mass is 9.89. The summed E-state index contributed by atoms with van der Waals surface area (Å²) in [6.45, 7) is 2.93. The largest absolute Gasteiger partial charge is 0.492 e. The molecule has 3 nitrogen and oxygen atoms in total. The van der Waals surface area contributed by atoms with Gasteiger partial charge in [-0.05, 0) is 43.9 Å². The smallest absolute Gasteiger partial charge is 0.226 e. The zero-order valence-electron chi connectivity index (χ0n) is 9.57. The predicted molar refractivity (Wildman–Crippen MR) is 65.9 cm³/mol. The fourth-order valence-corrected chi connectivity index (χ4v) is 4.02. The van der Waals surface area contributed by atoms with Crippen LogP contribution in [0.3, 0.4) is 0 Å². The number of anilines is 1.